The van der Waals surface area contributed by atoms with E-state index in [0.717, 1.165) is 44.7 Å². The maximum absolute atomic E-state index is 11.8. The molecule has 0 amide bonds. The second-order valence-electron chi connectivity index (χ2n) is 5.06. The molecule has 1 aliphatic heterocycles. The summed E-state index contributed by atoms with van der Waals surface area (Å²) in [6, 6.07) is 5.32. The van der Waals surface area contributed by atoms with E-state index >= 15 is 0 Å². The number of ether oxygens (including phenoxy) is 1. The zero-order chi connectivity index (χ0) is 14.6. The van der Waals surface area contributed by atoms with E-state index in [1.54, 1.807) is 12.1 Å². The molecule has 1 N–H and O–H groups in total. The van der Waals surface area contributed by atoms with E-state index < -0.39 is 9.84 Å². The lowest BCUT2D eigenvalue weighted by atomic mass is 10.1. The van der Waals surface area contributed by atoms with Gasteiger partial charge in [0.1, 0.15) is 10.6 Å². The highest BCUT2D eigenvalue weighted by atomic mass is 32.2. The molecule has 1 fully saturated rings. The van der Waals surface area contributed by atoms with Gasteiger partial charge in [-0.15, -0.1) is 0 Å². The van der Waals surface area contributed by atoms with E-state index in [1.165, 1.54) is 13.4 Å². The molecule has 2 rings (SSSR count). The van der Waals surface area contributed by atoms with Gasteiger partial charge < -0.3 is 15.0 Å². The molecule has 112 valence electrons. The molecule has 0 aromatic heterocycles. The fourth-order valence-electron chi connectivity index (χ4n) is 2.50. The second kappa shape index (κ2) is 6.56. The van der Waals surface area contributed by atoms with Gasteiger partial charge in [0.2, 0.25) is 0 Å². The average Bonchev–Trinajstić information content (AvgIpc) is 2.44. The number of sulfone groups is 1. The van der Waals surface area contributed by atoms with Crippen LogP contribution in [-0.2, 0) is 16.3 Å². The highest BCUT2D eigenvalue weighted by Crippen LogP contribution is 2.28. The second-order valence-corrected chi connectivity index (χ2v) is 7.05. The van der Waals surface area contributed by atoms with Gasteiger partial charge in [0.25, 0.3) is 0 Å². The molecule has 1 aromatic carbocycles. The Bertz CT molecular complexity index is 552. The molecule has 0 atom stereocenters. The normalized spacial score (nSPS) is 17.1. The number of hydrogen-bond acceptors (Lipinski definition) is 5. The quantitative estimate of drug-likeness (QED) is 0.860. The molecule has 0 saturated carbocycles. The van der Waals surface area contributed by atoms with Gasteiger partial charge in [0.15, 0.2) is 9.84 Å². The number of rotatable bonds is 5. The van der Waals surface area contributed by atoms with Gasteiger partial charge in [-0.25, -0.2) is 8.42 Å². The van der Waals surface area contributed by atoms with Crippen LogP contribution in [0.3, 0.4) is 0 Å². The summed E-state index contributed by atoms with van der Waals surface area (Å²) >= 11 is 0. The van der Waals surface area contributed by atoms with Crippen molar-refractivity contribution in [1.29, 1.82) is 0 Å². The van der Waals surface area contributed by atoms with Crippen molar-refractivity contribution < 1.29 is 13.2 Å². The van der Waals surface area contributed by atoms with Crippen LogP contribution < -0.4 is 10.1 Å². The minimum atomic E-state index is -3.26. The van der Waals surface area contributed by atoms with E-state index in [2.05, 4.69) is 10.2 Å². The summed E-state index contributed by atoms with van der Waals surface area (Å²) in [7, 11) is -1.73. The van der Waals surface area contributed by atoms with Crippen molar-refractivity contribution in [1.82, 2.24) is 10.2 Å². The minimum absolute atomic E-state index is 0.276. The van der Waals surface area contributed by atoms with Crippen LogP contribution in [-0.4, -0.2) is 59.4 Å². The first kappa shape index (κ1) is 15.3. The molecule has 1 saturated heterocycles. The molecule has 20 heavy (non-hydrogen) atoms. The smallest absolute Gasteiger partial charge is 0.179 e. The third kappa shape index (κ3) is 3.71. The van der Waals surface area contributed by atoms with Crippen molar-refractivity contribution in [3.8, 4) is 5.75 Å². The number of nitrogens with one attached hydrogen (secondary N) is 1. The van der Waals surface area contributed by atoms with E-state index in [-0.39, 0.29) is 4.90 Å². The first-order valence-electron chi connectivity index (χ1n) is 6.81. The van der Waals surface area contributed by atoms with Crippen molar-refractivity contribution in [2.75, 3.05) is 46.1 Å². The van der Waals surface area contributed by atoms with Crippen molar-refractivity contribution in [3.63, 3.8) is 0 Å². The van der Waals surface area contributed by atoms with E-state index in [0.29, 0.717) is 5.75 Å². The number of benzene rings is 1. The molecule has 5 nitrogen and oxygen atoms in total. The fourth-order valence-corrected chi connectivity index (χ4v) is 3.37. The molecule has 0 radical (unpaired) electrons. The fraction of sp³-hybridized carbons (Fsp3) is 0.571. The van der Waals surface area contributed by atoms with E-state index in [9.17, 15) is 8.42 Å². The SMILES string of the molecule is COc1c(CCN2CCNCC2)cccc1S(C)(=O)=O. The Kier molecular flexibility index (Phi) is 5.01. The maximum Gasteiger partial charge on any atom is 0.179 e. The predicted octanol–water partition coefficient (Wildman–Crippen LogP) is 0.546. The standard InChI is InChI=1S/C14H22N2O3S/c1-19-14-12(4-3-5-13(14)20(2,17)18)6-9-16-10-7-15-8-11-16/h3-5,15H,6-11H2,1-2H3. The molecule has 0 spiro atoms. The van der Waals surface area contributed by atoms with E-state index in [4.69, 9.17) is 4.74 Å². The summed E-state index contributed by atoms with van der Waals surface area (Å²) in [5, 5.41) is 3.32. The molecule has 6 heteroatoms. The van der Waals surface area contributed by atoms with Crippen LogP contribution in [0, 0.1) is 0 Å². The summed E-state index contributed by atoms with van der Waals surface area (Å²) in [5.74, 6) is 0.491. The molecule has 0 unspecified atom stereocenters. The Labute approximate surface area is 120 Å². The Morgan fingerprint density at radius 1 is 1.30 bits per heavy atom. The van der Waals surface area contributed by atoms with Gasteiger partial charge in [-0.2, -0.15) is 0 Å². The van der Waals surface area contributed by atoms with Crippen LogP contribution in [0.25, 0.3) is 0 Å². The van der Waals surface area contributed by atoms with Gasteiger partial charge in [0, 0.05) is 39.0 Å². The lowest BCUT2D eigenvalue weighted by molar-refractivity contribution is 0.243. The zero-order valence-electron chi connectivity index (χ0n) is 12.1. The van der Waals surface area contributed by atoms with Gasteiger partial charge in [0.05, 0.1) is 7.11 Å². The van der Waals surface area contributed by atoms with Crippen LogP contribution >= 0.6 is 0 Å². The topological polar surface area (TPSA) is 58.6 Å². The summed E-state index contributed by atoms with van der Waals surface area (Å²) in [6.45, 7) is 5.02. The third-order valence-corrected chi connectivity index (χ3v) is 4.69. The summed E-state index contributed by atoms with van der Waals surface area (Å²) in [5.41, 5.74) is 0.953. The highest BCUT2D eigenvalue weighted by Gasteiger charge is 2.18. The van der Waals surface area contributed by atoms with Gasteiger partial charge in [-0.05, 0) is 18.1 Å². The van der Waals surface area contributed by atoms with Crippen molar-refractivity contribution in [2.45, 2.75) is 11.3 Å². The Hall–Kier alpha value is -1.11. The summed E-state index contributed by atoms with van der Waals surface area (Å²) < 4.78 is 28.9. The van der Waals surface area contributed by atoms with Crippen molar-refractivity contribution >= 4 is 9.84 Å². The first-order valence-corrected chi connectivity index (χ1v) is 8.70. The lowest BCUT2D eigenvalue weighted by Crippen LogP contribution is -2.44. The zero-order valence-corrected chi connectivity index (χ0v) is 12.9. The minimum Gasteiger partial charge on any atom is -0.495 e. The molecular formula is C14H22N2O3S. The number of para-hydroxylation sites is 1. The number of piperazine rings is 1. The van der Waals surface area contributed by atoms with Gasteiger partial charge in [-0.3, -0.25) is 0 Å². The number of methoxy groups -OCH3 is 1. The Morgan fingerprint density at radius 2 is 2.00 bits per heavy atom. The maximum atomic E-state index is 11.8. The Balaban J connectivity index is 2.15. The van der Waals surface area contributed by atoms with Crippen molar-refractivity contribution in [2.24, 2.45) is 0 Å². The van der Waals surface area contributed by atoms with Crippen LogP contribution in [0.15, 0.2) is 23.1 Å². The highest BCUT2D eigenvalue weighted by molar-refractivity contribution is 7.90. The Morgan fingerprint density at radius 3 is 2.60 bits per heavy atom. The first-order chi connectivity index (χ1) is 9.52. The third-order valence-electron chi connectivity index (χ3n) is 3.57. The summed E-state index contributed by atoms with van der Waals surface area (Å²) in [6.07, 6.45) is 2.01. The molecule has 0 aliphatic carbocycles. The monoisotopic (exact) mass is 298 g/mol. The molecule has 1 heterocycles. The van der Waals surface area contributed by atoms with Crippen LogP contribution in [0.2, 0.25) is 0 Å². The van der Waals surface area contributed by atoms with Crippen molar-refractivity contribution in [3.05, 3.63) is 23.8 Å². The number of nitrogens with zero attached hydrogens (tertiary/aromatic N) is 1. The molecule has 1 aromatic rings. The van der Waals surface area contributed by atoms with Crippen LogP contribution in [0.4, 0.5) is 0 Å². The molecule has 1 aliphatic rings. The lowest BCUT2D eigenvalue weighted by Gasteiger charge is -2.27. The van der Waals surface area contributed by atoms with Crippen LogP contribution in [0.5, 0.6) is 5.75 Å². The number of hydrogen-bond donors (Lipinski definition) is 1. The van der Waals surface area contributed by atoms with E-state index in [1.807, 2.05) is 6.07 Å². The largest absolute Gasteiger partial charge is 0.495 e. The molecular weight excluding hydrogens is 276 g/mol. The predicted molar refractivity (Wildman–Crippen MR) is 79.1 cm³/mol. The summed E-state index contributed by atoms with van der Waals surface area (Å²) in [4.78, 5) is 2.65. The average molecular weight is 298 g/mol. The van der Waals surface area contributed by atoms with Crippen LogP contribution in [0.1, 0.15) is 5.56 Å². The van der Waals surface area contributed by atoms with Gasteiger partial charge >= 0.3 is 0 Å². The van der Waals surface area contributed by atoms with Gasteiger partial charge in [-0.1, -0.05) is 12.1 Å². The molecule has 0 bridgehead atoms.